The van der Waals surface area contributed by atoms with Crippen LogP contribution in [0.5, 0.6) is 0 Å². The molecule has 1 aliphatic heterocycles. The number of carbonyl (C=O) groups is 2. The van der Waals surface area contributed by atoms with Crippen molar-refractivity contribution < 1.29 is 14.3 Å². The molecule has 3 heterocycles. The topological polar surface area (TPSA) is 85.3 Å². The Bertz CT molecular complexity index is 745. The molecule has 0 aliphatic carbocycles. The molecule has 1 aliphatic rings. The first kappa shape index (κ1) is 15.5. The summed E-state index contributed by atoms with van der Waals surface area (Å²) in [6.45, 7) is 2.93. The van der Waals surface area contributed by atoms with E-state index in [4.69, 9.17) is 4.74 Å². The summed E-state index contributed by atoms with van der Waals surface area (Å²) in [5.74, 6) is -0.500. The van der Waals surface area contributed by atoms with Crippen LogP contribution < -0.4 is 0 Å². The van der Waals surface area contributed by atoms with Crippen LogP contribution in [0.25, 0.3) is 0 Å². The van der Waals surface area contributed by atoms with Crippen LogP contribution in [0.3, 0.4) is 0 Å². The molecule has 0 atom stereocenters. The van der Waals surface area contributed by atoms with E-state index in [1.54, 1.807) is 17.2 Å². The van der Waals surface area contributed by atoms with Crippen LogP contribution in [0.15, 0.2) is 11.4 Å². The lowest BCUT2D eigenvalue weighted by molar-refractivity contribution is 0.0598. The second-order valence-corrected chi connectivity index (χ2v) is 5.91. The van der Waals surface area contributed by atoms with Gasteiger partial charge in [-0.15, -0.1) is 5.10 Å². The zero-order valence-corrected chi connectivity index (χ0v) is 13.7. The van der Waals surface area contributed by atoms with Crippen LogP contribution in [-0.2, 0) is 17.6 Å². The smallest absolute Gasteiger partial charge is 0.339 e. The van der Waals surface area contributed by atoms with Crippen molar-refractivity contribution in [3.05, 3.63) is 39.7 Å². The number of hydrogen-bond acceptors (Lipinski definition) is 7. The summed E-state index contributed by atoms with van der Waals surface area (Å²) in [5, 5.41) is 5.49. The number of nitrogens with zero attached hydrogens (tertiary/aromatic N) is 4. The van der Waals surface area contributed by atoms with Gasteiger partial charge in [0, 0.05) is 30.6 Å². The highest BCUT2D eigenvalue weighted by Crippen LogP contribution is 2.19. The fraction of sp³-hybridized carbons (Fsp3) is 0.400. The van der Waals surface area contributed by atoms with E-state index < -0.39 is 0 Å². The van der Waals surface area contributed by atoms with Crippen molar-refractivity contribution in [2.45, 2.75) is 19.8 Å². The molecular weight excluding hydrogens is 316 g/mol. The highest BCUT2D eigenvalue weighted by atomic mass is 32.1. The molecule has 7 nitrogen and oxygen atoms in total. The van der Waals surface area contributed by atoms with E-state index in [-0.39, 0.29) is 11.9 Å². The van der Waals surface area contributed by atoms with Crippen molar-refractivity contribution in [3.8, 4) is 0 Å². The van der Waals surface area contributed by atoms with Gasteiger partial charge in [0.2, 0.25) is 0 Å². The third kappa shape index (κ3) is 3.07. The molecule has 0 fully saturated rings. The van der Waals surface area contributed by atoms with Gasteiger partial charge in [-0.25, -0.2) is 4.79 Å². The van der Waals surface area contributed by atoms with Gasteiger partial charge < -0.3 is 9.64 Å². The van der Waals surface area contributed by atoms with Crippen molar-refractivity contribution in [1.29, 1.82) is 0 Å². The Hall–Kier alpha value is -2.35. The maximum atomic E-state index is 12.4. The predicted molar refractivity (Wildman–Crippen MR) is 83.5 cm³/mol. The summed E-state index contributed by atoms with van der Waals surface area (Å²) in [5.41, 5.74) is 3.43. The minimum atomic E-state index is -0.386. The van der Waals surface area contributed by atoms with Gasteiger partial charge in [0.15, 0.2) is 5.69 Å². The predicted octanol–water partition coefficient (Wildman–Crippen LogP) is 1.27. The Morgan fingerprint density at radius 3 is 2.78 bits per heavy atom. The number of esters is 1. The Kier molecular flexibility index (Phi) is 4.33. The number of methoxy groups -OCH3 is 1. The van der Waals surface area contributed by atoms with Crippen molar-refractivity contribution in [3.63, 3.8) is 0 Å². The summed E-state index contributed by atoms with van der Waals surface area (Å²) in [6.07, 6.45) is 1.30. The van der Waals surface area contributed by atoms with Gasteiger partial charge in [0.05, 0.1) is 18.4 Å². The van der Waals surface area contributed by atoms with E-state index in [1.165, 1.54) is 7.11 Å². The first-order valence-electron chi connectivity index (χ1n) is 7.24. The lowest BCUT2D eigenvalue weighted by Crippen LogP contribution is -2.33. The molecule has 0 saturated heterocycles. The maximum absolute atomic E-state index is 12.4. The number of carbonyl (C=O) groups excluding carboxylic acids is 2. The van der Waals surface area contributed by atoms with Crippen molar-refractivity contribution in [2.75, 3.05) is 20.2 Å². The molecule has 23 heavy (non-hydrogen) atoms. The highest BCUT2D eigenvalue weighted by molar-refractivity contribution is 7.03. The lowest BCUT2D eigenvalue weighted by Gasteiger charge is -2.18. The minimum Gasteiger partial charge on any atom is -0.465 e. The van der Waals surface area contributed by atoms with Crippen LogP contribution in [-0.4, -0.2) is 51.5 Å². The molecule has 120 valence electrons. The summed E-state index contributed by atoms with van der Waals surface area (Å²) < 4.78 is 8.52. The van der Waals surface area contributed by atoms with E-state index in [0.717, 1.165) is 22.8 Å². The van der Waals surface area contributed by atoms with Gasteiger partial charge >= 0.3 is 5.97 Å². The van der Waals surface area contributed by atoms with E-state index in [2.05, 4.69) is 14.6 Å². The van der Waals surface area contributed by atoms with E-state index in [0.29, 0.717) is 42.9 Å². The SMILES string of the molecule is COC(=O)c1cc2c(nc1C)CCN(C(=O)c1csnn1)CC2. The van der Waals surface area contributed by atoms with Crippen molar-refractivity contribution in [2.24, 2.45) is 0 Å². The zero-order chi connectivity index (χ0) is 16.4. The molecule has 0 N–H and O–H groups in total. The average Bonchev–Trinajstić information content (AvgIpc) is 3.01. The van der Waals surface area contributed by atoms with E-state index in [1.807, 2.05) is 6.07 Å². The monoisotopic (exact) mass is 332 g/mol. The van der Waals surface area contributed by atoms with Crippen LogP contribution in [0, 0.1) is 6.92 Å². The summed E-state index contributed by atoms with van der Waals surface area (Å²) in [6, 6.07) is 1.84. The molecule has 8 heteroatoms. The number of ether oxygens (including phenoxy) is 1. The van der Waals surface area contributed by atoms with Crippen molar-refractivity contribution in [1.82, 2.24) is 19.5 Å². The van der Waals surface area contributed by atoms with Gasteiger partial charge in [-0.1, -0.05) is 4.49 Å². The lowest BCUT2D eigenvalue weighted by atomic mass is 10.0. The molecule has 0 spiro atoms. The number of rotatable bonds is 2. The molecule has 2 aromatic rings. The highest BCUT2D eigenvalue weighted by Gasteiger charge is 2.23. The molecule has 2 aromatic heterocycles. The quantitative estimate of drug-likeness (QED) is 0.770. The van der Waals surface area contributed by atoms with Gasteiger partial charge in [-0.3, -0.25) is 9.78 Å². The molecular formula is C15H16N4O3S. The number of aryl methyl sites for hydroxylation is 1. The molecule has 0 unspecified atom stereocenters. The summed E-state index contributed by atoms with van der Waals surface area (Å²) in [7, 11) is 1.36. The number of fused-ring (bicyclic) bond motifs is 1. The third-order valence-electron chi connectivity index (χ3n) is 3.92. The Morgan fingerprint density at radius 1 is 1.30 bits per heavy atom. The molecule has 0 radical (unpaired) electrons. The average molecular weight is 332 g/mol. The Balaban J connectivity index is 1.83. The largest absolute Gasteiger partial charge is 0.465 e. The van der Waals surface area contributed by atoms with Crippen molar-refractivity contribution >= 4 is 23.4 Å². The second-order valence-electron chi connectivity index (χ2n) is 5.30. The minimum absolute atomic E-state index is 0.114. The van der Waals surface area contributed by atoms with Crippen LogP contribution in [0.2, 0.25) is 0 Å². The normalized spacial score (nSPS) is 14.1. The third-order valence-corrected chi connectivity index (χ3v) is 4.43. The number of aromatic nitrogens is 3. The summed E-state index contributed by atoms with van der Waals surface area (Å²) >= 11 is 1.16. The molecule has 1 amide bonds. The van der Waals surface area contributed by atoms with Gasteiger partial charge in [-0.2, -0.15) is 0 Å². The van der Waals surface area contributed by atoms with Gasteiger partial charge in [0.25, 0.3) is 5.91 Å². The Morgan fingerprint density at radius 2 is 2.09 bits per heavy atom. The Labute approximate surface area is 137 Å². The summed E-state index contributed by atoms with van der Waals surface area (Å²) in [4.78, 5) is 30.5. The first-order valence-corrected chi connectivity index (χ1v) is 8.08. The molecule has 0 bridgehead atoms. The standard InChI is InChI=1S/C15H16N4O3S/c1-9-11(15(21)22-2)7-10-3-5-19(6-4-12(10)16-9)14(20)13-8-23-18-17-13/h7-8H,3-6H2,1-2H3. The van der Waals surface area contributed by atoms with Gasteiger partial charge in [0.1, 0.15) is 0 Å². The molecule has 3 rings (SSSR count). The first-order chi connectivity index (χ1) is 11.1. The van der Waals surface area contributed by atoms with Crippen LogP contribution >= 0.6 is 11.5 Å². The maximum Gasteiger partial charge on any atom is 0.339 e. The van der Waals surface area contributed by atoms with Gasteiger partial charge in [-0.05, 0) is 36.5 Å². The second kappa shape index (κ2) is 6.41. The zero-order valence-electron chi connectivity index (χ0n) is 12.9. The van der Waals surface area contributed by atoms with Crippen LogP contribution in [0.4, 0.5) is 0 Å². The number of hydrogen-bond donors (Lipinski definition) is 0. The van der Waals surface area contributed by atoms with E-state index in [9.17, 15) is 9.59 Å². The van der Waals surface area contributed by atoms with E-state index >= 15 is 0 Å². The fourth-order valence-electron chi connectivity index (χ4n) is 2.68. The molecule has 0 aromatic carbocycles. The van der Waals surface area contributed by atoms with Crippen LogP contribution in [0.1, 0.15) is 37.8 Å². The number of amides is 1. The fourth-order valence-corrected chi connectivity index (χ4v) is 3.11. The number of pyridine rings is 1. The molecule has 0 saturated carbocycles.